The van der Waals surface area contributed by atoms with Crippen molar-refractivity contribution in [3.63, 3.8) is 0 Å². The molecule has 1 saturated heterocycles. The summed E-state index contributed by atoms with van der Waals surface area (Å²) in [5, 5.41) is 10.3. The van der Waals surface area contributed by atoms with Crippen LogP contribution in [0.2, 0.25) is 5.02 Å². The molecule has 0 bridgehead atoms. The Morgan fingerprint density at radius 2 is 1.93 bits per heavy atom. The molecule has 0 unspecified atom stereocenters. The summed E-state index contributed by atoms with van der Waals surface area (Å²) in [6.45, 7) is 2.09. The molecule has 7 nitrogen and oxygen atoms in total. The molecule has 3 heterocycles. The second-order valence-corrected chi connectivity index (χ2v) is 6.54. The average molecular weight is 398 g/mol. The number of aromatic nitrogens is 4. The highest BCUT2D eigenvalue weighted by Crippen LogP contribution is 2.33. The van der Waals surface area contributed by atoms with Crippen LogP contribution in [0.5, 0.6) is 5.75 Å². The van der Waals surface area contributed by atoms with Gasteiger partial charge in [0.1, 0.15) is 19.3 Å². The number of benzene rings is 1. The van der Waals surface area contributed by atoms with Crippen LogP contribution < -0.4 is 10.4 Å². The van der Waals surface area contributed by atoms with Crippen LogP contribution in [0.4, 0.5) is 10.2 Å². The lowest BCUT2D eigenvalue weighted by Gasteiger charge is -2.28. The number of phenolic OH excluding ortho intramolecular Hbond substituents is 1. The quantitative estimate of drug-likeness (QED) is 0.674. The van der Waals surface area contributed by atoms with Gasteiger partial charge in [0.15, 0.2) is 23.3 Å². The summed E-state index contributed by atoms with van der Waals surface area (Å²) in [5.41, 5.74) is 1.01. The highest BCUT2D eigenvalue weighted by molar-refractivity contribution is 6.37. The smallest absolute Gasteiger partial charge is 0.183 e. The Balaban J connectivity index is 1.74. The Morgan fingerprint density at radius 3 is 2.71 bits per heavy atom. The van der Waals surface area contributed by atoms with Gasteiger partial charge in [-0.2, -0.15) is 0 Å². The van der Waals surface area contributed by atoms with Crippen LogP contribution in [-0.4, -0.2) is 59.2 Å². The van der Waals surface area contributed by atoms with Gasteiger partial charge in [-0.1, -0.05) is 23.1 Å². The zero-order chi connectivity index (χ0) is 19.7. The standard InChI is InChI=1S/C18H14BClFN5O2/c19-10-7-11(15(27)12(20)8-10)16-22-2-1-14(24-16)17-23-9-13(21)18(25-17)26-3-5-28-6-4-26/h1-2,7-9,27H,3-6H2. The van der Waals surface area contributed by atoms with Crippen LogP contribution in [-0.2, 0) is 4.74 Å². The van der Waals surface area contributed by atoms with Gasteiger partial charge in [-0.3, -0.25) is 0 Å². The topological polar surface area (TPSA) is 84.3 Å². The lowest BCUT2D eigenvalue weighted by Crippen LogP contribution is -2.37. The fourth-order valence-electron chi connectivity index (χ4n) is 2.88. The first-order chi connectivity index (χ1) is 13.5. The number of rotatable bonds is 3. The van der Waals surface area contributed by atoms with Crippen molar-refractivity contribution in [3.8, 4) is 28.7 Å². The number of nitrogens with zero attached hydrogens (tertiary/aromatic N) is 5. The summed E-state index contributed by atoms with van der Waals surface area (Å²) in [5.74, 6) is -0.0587. The SMILES string of the molecule is [B]c1cc(Cl)c(O)c(-c2nccc(-c3ncc(F)c(N4CCOCC4)n3)n2)c1. The minimum absolute atomic E-state index is 0.0941. The molecule has 1 aromatic carbocycles. The van der Waals surface area contributed by atoms with E-state index >= 15 is 0 Å². The third kappa shape index (κ3) is 3.63. The molecule has 0 saturated carbocycles. The molecule has 10 heteroatoms. The highest BCUT2D eigenvalue weighted by Gasteiger charge is 2.19. The van der Waals surface area contributed by atoms with Crippen LogP contribution in [0.15, 0.2) is 30.6 Å². The van der Waals surface area contributed by atoms with Crippen molar-refractivity contribution in [1.29, 1.82) is 0 Å². The van der Waals surface area contributed by atoms with Crippen LogP contribution >= 0.6 is 11.6 Å². The van der Waals surface area contributed by atoms with Gasteiger partial charge in [-0.05, 0) is 12.1 Å². The lowest BCUT2D eigenvalue weighted by atomic mass is 9.93. The predicted molar refractivity (Wildman–Crippen MR) is 104 cm³/mol. The van der Waals surface area contributed by atoms with Crippen molar-refractivity contribution in [2.75, 3.05) is 31.2 Å². The van der Waals surface area contributed by atoms with Gasteiger partial charge in [0, 0.05) is 19.3 Å². The predicted octanol–water partition coefficient (Wildman–Crippen LogP) is 1.73. The summed E-state index contributed by atoms with van der Waals surface area (Å²) < 4.78 is 19.6. The van der Waals surface area contributed by atoms with Gasteiger partial charge >= 0.3 is 0 Å². The van der Waals surface area contributed by atoms with Gasteiger partial charge in [0.25, 0.3) is 0 Å². The Hall–Kier alpha value is -2.78. The van der Waals surface area contributed by atoms with E-state index in [1.54, 1.807) is 11.0 Å². The van der Waals surface area contributed by atoms with Crippen molar-refractivity contribution in [3.05, 3.63) is 41.4 Å². The number of phenols is 1. The molecule has 2 radical (unpaired) electrons. The van der Waals surface area contributed by atoms with Crippen molar-refractivity contribution >= 4 is 30.7 Å². The summed E-state index contributed by atoms with van der Waals surface area (Å²) in [7, 11) is 5.80. The van der Waals surface area contributed by atoms with Crippen molar-refractivity contribution in [1.82, 2.24) is 19.9 Å². The average Bonchev–Trinajstić information content (AvgIpc) is 2.72. The van der Waals surface area contributed by atoms with Gasteiger partial charge in [-0.25, -0.2) is 24.3 Å². The van der Waals surface area contributed by atoms with E-state index < -0.39 is 5.82 Å². The Kier molecular flexibility index (Phi) is 5.10. The second kappa shape index (κ2) is 7.69. The number of anilines is 1. The first-order valence-corrected chi connectivity index (χ1v) is 8.88. The molecule has 1 fully saturated rings. The monoisotopic (exact) mass is 397 g/mol. The summed E-state index contributed by atoms with van der Waals surface area (Å²) in [4.78, 5) is 18.8. The van der Waals surface area contributed by atoms with Crippen LogP contribution in [0.1, 0.15) is 0 Å². The maximum Gasteiger partial charge on any atom is 0.183 e. The fraction of sp³-hybridized carbons (Fsp3) is 0.222. The number of halogens is 2. The van der Waals surface area contributed by atoms with Gasteiger partial charge in [-0.15, -0.1) is 0 Å². The molecule has 140 valence electrons. The third-order valence-corrected chi connectivity index (χ3v) is 4.54. The largest absolute Gasteiger partial charge is 0.506 e. The van der Waals surface area contributed by atoms with E-state index in [4.69, 9.17) is 24.2 Å². The Labute approximate surface area is 166 Å². The molecule has 3 aromatic rings. The van der Waals surface area contributed by atoms with Gasteiger partial charge in [0.2, 0.25) is 0 Å². The molecule has 0 atom stereocenters. The number of aromatic hydroxyl groups is 1. The van der Waals surface area contributed by atoms with E-state index in [1.165, 1.54) is 18.3 Å². The molecule has 1 aliphatic rings. The third-order valence-electron chi connectivity index (χ3n) is 4.25. The van der Waals surface area contributed by atoms with E-state index in [-0.39, 0.29) is 33.8 Å². The maximum absolute atomic E-state index is 14.3. The van der Waals surface area contributed by atoms with Crippen molar-refractivity contribution in [2.45, 2.75) is 0 Å². The second-order valence-electron chi connectivity index (χ2n) is 6.13. The highest BCUT2D eigenvalue weighted by atomic mass is 35.5. The Morgan fingerprint density at radius 1 is 1.14 bits per heavy atom. The molecule has 0 spiro atoms. The molecule has 0 amide bonds. The normalized spacial score (nSPS) is 14.3. The van der Waals surface area contributed by atoms with Crippen molar-refractivity contribution < 1.29 is 14.2 Å². The summed E-state index contributed by atoms with van der Waals surface area (Å²) in [6, 6.07) is 4.55. The molecule has 4 rings (SSSR count). The number of ether oxygens (including phenoxy) is 1. The van der Waals surface area contributed by atoms with Gasteiger partial charge in [0.05, 0.1) is 30.0 Å². The maximum atomic E-state index is 14.3. The number of hydrogen-bond donors (Lipinski definition) is 1. The number of hydrogen-bond acceptors (Lipinski definition) is 7. The molecule has 28 heavy (non-hydrogen) atoms. The molecular weight excluding hydrogens is 383 g/mol. The molecular formula is C18H14BClFN5O2. The zero-order valence-electron chi connectivity index (χ0n) is 14.6. The Bertz CT molecular complexity index is 1030. The molecule has 1 N–H and O–H groups in total. The van der Waals surface area contributed by atoms with Crippen LogP contribution in [0.25, 0.3) is 22.9 Å². The van der Waals surface area contributed by atoms with E-state index in [0.29, 0.717) is 37.5 Å². The van der Waals surface area contributed by atoms with Gasteiger partial charge < -0.3 is 14.7 Å². The van der Waals surface area contributed by atoms with Crippen LogP contribution in [0, 0.1) is 5.82 Å². The molecule has 1 aliphatic heterocycles. The van der Waals surface area contributed by atoms with E-state index in [1.807, 2.05) is 0 Å². The van der Waals surface area contributed by atoms with Crippen molar-refractivity contribution in [2.24, 2.45) is 0 Å². The van der Waals surface area contributed by atoms with E-state index in [9.17, 15) is 9.50 Å². The molecule has 0 aliphatic carbocycles. The lowest BCUT2D eigenvalue weighted by molar-refractivity contribution is 0.122. The van der Waals surface area contributed by atoms with E-state index in [2.05, 4.69) is 19.9 Å². The summed E-state index contributed by atoms with van der Waals surface area (Å²) >= 11 is 5.98. The number of morpholine rings is 1. The minimum atomic E-state index is -0.514. The minimum Gasteiger partial charge on any atom is -0.506 e. The first-order valence-electron chi connectivity index (χ1n) is 8.50. The summed E-state index contributed by atoms with van der Waals surface area (Å²) in [6.07, 6.45) is 2.61. The first kappa shape index (κ1) is 18.6. The van der Waals surface area contributed by atoms with Crippen LogP contribution in [0.3, 0.4) is 0 Å². The zero-order valence-corrected chi connectivity index (χ0v) is 15.4. The van der Waals surface area contributed by atoms with E-state index in [0.717, 1.165) is 6.20 Å². The molecule has 2 aromatic heterocycles. The fourth-order valence-corrected chi connectivity index (χ4v) is 3.11.